The highest BCUT2D eigenvalue weighted by atomic mass is 16.2. The summed E-state index contributed by atoms with van der Waals surface area (Å²) in [6, 6.07) is 10.4. The lowest BCUT2D eigenvalue weighted by atomic mass is 9.95. The van der Waals surface area contributed by atoms with Crippen molar-refractivity contribution in [3.63, 3.8) is 0 Å². The fourth-order valence-corrected chi connectivity index (χ4v) is 3.36. The SMILES string of the molecule is Cc1c2cnccc2c(CCO)c2[nH]c3ccccc3c12. The zero-order valence-corrected chi connectivity index (χ0v) is 11.9. The zero-order valence-electron chi connectivity index (χ0n) is 11.9. The van der Waals surface area contributed by atoms with Crippen molar-refractivity contribution in [3.05, 3.63) is 53.9 Å². The van der Waals surface area contributed by atoms with Gasteiger partial charge >= 0.3 is 0 Å². The molecule has 2 aromatic heterocycles. The minimum atomic E-state index is 0.144. The fourth-order valence-electron chi connectivity index (χ4n) is 3.36. The topological polar surface area (TPSA) is 48.9 Å². The molecule has 0 saturated heterocycles. The lowest BCUT2D eigenvalue weighted by Gasteiger charge is -2.11. The van der Waals surface area contributed by atoms with Gasteiger partial charge in [-0.15, -0.1) is 0 Å². The van der Waals surface area contributed by atoms with Crippen LogP contribution < -0.4 is 0 Å². The number of aryl methyl sites for hydroxylation is 1. The average Bonchev–Trinajstić information content (AvgIpc) is 2.91. The summed E-state index contributed by atoms with van der Waals surface area (Å²) in [7, 11) is 0. The molecule has 0 bridgehead atoms. The van der Waals surface area contributed by atoms with E-state index in [9.17, 15) is 5.11 Å². The van der Waals surface area contributed by atoms with Crippen molar-refractivity contribution >= 4 is 32.6 Å². The van der Waals surface area contributed by atoms with Crippen molar-refractivity contribution in [3.8, 4) is 0 Å². The second kappa shape index (κ2) is 4.57. The molecular formula is C18H16N2O. The van der Waals surface area contributed by atoms with Gasteiger partial charge in [0, 0.05) is 40.7 Å². The average molecular weight is 276 g/mol. The first kappa shape index (κ1) is 12.4. The van der Waals surface area contributed by atoms with Gasteiger partial charge in [0.25, 0.3) is 0 Å². The minimum Gasteiger partial charge on any atom is -0.396 e. The van der Waals surface area contributed by atoms with Crippen molar-refractivity contribution in [2.24, 2.45) is 0 Å². The molecule has 3 heteroatoms. The van der Waals surface area contributed by atoms with Gasteiger partial charge in [-0.3, -0.25) is 4.98 Å². The summed E-state index contributed by atoms with van der Waals surface area (Å²) >= 11 is 0. The van der Waals surface area contributed by atoms with E-state index in [4.69, 9.17) is 0 Å². The third-order valence-electron chi connectivity index (χ3n) is 4.29. The summed E-state index contributed by atoms with van der Waals surface area (Å²) in [6.45, 7) is 2.29. The summed E-state index contributed by atoms with van der Waals surface area (Å²) < 4.78 is 0. The van der Waals surface area contributed by atoms with Gasteiger partial charge < -0.3 is 10.1 Å². The maximum Gasteiger partial charge on any atom is 0.0507 e. The van der Waals surface area contributed by atoms with Crippen LogP contribution in [-0.4, -0.2) is 21.7 Å². The maximum atomic E-state index is 9.45. The molecule has 0 aliphatic carbocycles. The summed E-state index contributed by atoms with van der Waals surface area (Å²) in [5.41, 5.74) is 4.69. The van der Waals surface area contributed by atoms with Crippen LogP contribution in [0, 0.1) is 6.92 Å². The number of para-hydroxylation sites is 1. The molecule has 0 amide bonds. The molecule has 0 fully saturated rings. The zero-order chi connectivity index (χ0) is 14.4. The van der Waals surface area contributed by atoms with Crippen LogP contribution in [0.3, 0.4) is 0 Å². The molecule has 2 heterocycles. The first-order chi connectivity index (χ1) is 10.3. The Bertz CT molecular complexity index is 969. The molecule has 0 radical (unpaired) electrons. The molecule has 2 aromatic carbocycles. The van der Waals surface area contributed by atoms with Gasteiger partial charge in [0.15, 0.2) is 0 Å². The van der Waals surface area contributed by atoms with Crippen molar-refractivity contribution in [2.45, 2.75) is 13.3 Å². The number of aromatic nitrogens is 2. The molecule has 4 rings (SSSR count). The van der Waals surface area contributed by atoms with E-state index in [-0.39, 0.29) is 6.61 Å². The Kier molecular flexibility index (Phi) is 2.69. The third-order valence-corrected chi connectivity index (χ3v) is 4.29. The molecular weight excluding hydrogens is 260 g/mol. The van der Waals surface area contributed by atoms with Crippen LogP contribution in [0.25, 0.3) is 32.6 Å². The lowest BCUT2D eigenvalue weighted by molar-refractivity contribution is 0.300. The van der Waals surface area contributed by atoms with Crippen LogP contribution in [-0.2, 0) is 6.42 Å². The number of pyridine rings is 1. The molecule has 0 spiro atoms. The normalized spacial score (nSPS) is 11.7. The smallest absolute Gasteiger partial charge is 0.0507 e. The Balaban J connectivity index is 2.30. The largest absolute Gasteiger partial charge is 0.396 e. The van der Waals surface area contributed by atoms with E-state index >= 15 is 0 Å². The summed E-state index contributed by atoms with van der Waals surface area (Å²) in [5, 5.41) is 14.3. The predicted octanol–water partition coefficient (Wildman–Crippen LogP) is 3.71. The van der Waals surface area contributed by atoms with Gasteiger partial charge in [0.1, 0.15) is 0 Å². The third kappa shape index (κ3) is 1.68. The van der Waals surface area contributed by atoms with Crippen LogP contribution in [0.15, 0.2) is 42.7 Å². The number of aromatic amines is 1. The van der Waals surface area contributed by atoms with E-state index in [0.29, 0.717) is 6.42 Å². The van der Waals surface area contributed by atoms with Gasteiger partial charge in [-0.05, 0) is 42.0 Å². The van der Waals surface area contributed by atoms with Gasteiger partial charge in [-0.2, -0.15) is 0 Å². The monoisotopic (exact) mass is 276 g/mol. The Morgan fingerprint density at radius 2 is 1.95 bits per heavy atom. The number of aliphatic hydroxyl groups is 1. The Morgan fingerprint density at radius 1 is 1.10 bits per heavy atom. The second-order valence-corrected chi connectivity index (χ2v) is 5.42. The molecule has 21 heavy (non-hydrogen) atoms. The van der Waals surface area contributed by atoms with Crippen LogP contribution in [0.5, 0.6) is 0 Å². The molecule has 2 N–H and O–H groups in total. The van der Waals surface area contributed by atoms with Crippen molar-refractivity contribution in [1.29, 1.82) is 0 Å². The molecule has 0 unspecified atom stereocenters. The van der Waals surface area contributed by atoms with E-state index in [2.05, 4.69) is 35.1 Å². The van der Waals surface area contributed by atoms with Crippen LogP contribution >= 0.6 is 0 Å². The number of nitrogens with one attached hydrogen (secondary N) is 1. The molecule has 0 saturated carbocycles. The quantitative estimate of drug-likeness (QED) is 0.586. The maximum absolute atomic E-state index is 9.45. The number of nitrogens with zero attached hydrogens (tertiary/aromatic N) is 1. The Labute approximate surface area is 122 Å². The minimum absolute atomic E-state index is 0.144. The molecule has 104 valence electrons. The summed E-state index contributed by atoms with van der Waals surface area (Å²) in [5.74, 6) is 0. The molecule has 0 atom stereocenters. The standard InChI is InChI=1S/C18H16N2O/c1-11-15-10-19-8-6-12(15)13(7-9-21)18-17(11)14-4-2-3-5-16(14)20-18/h2-6,8,10,20-21H,7,9H2,1H3. The number of fused-ring (bicyclic) bond motifs is 4. The van der Waals surface area contributed by atoms with Crippen LogP contribution in [0.4, 0.5) is 0 Å². The van der Waals surface area contributed by atoms with Gasteiger partial charge in [0.2, 0.25) is 0 Å². The van der Waals surface area contributed by atoms with Gasteiger partial charge in [-0.25, -0.2) is 0 Å². The van der Waals surface area contributed by atoms with E-state index in [1.165, 1.54) is 32.7 Å². The first-order valence-corrected chi connectivity index (χ1v) is 7.17. The van der Waals surface area contributed by atoms with Crippen molar-refractivity contribution in [1.82, 2.24) is 9.97 Å². The predicted molar refractivity (Wildman–Crippen MR) is 86.6 cm³/mol. The second-order valence-electron chi connectivity index (χ2n) is 5.42. The summed E-state index contributed by atoms with van der Waals surface area (Å²) in [6.07, 6.45) is 4.38. The number of rotatable bonds is 2. The Hall–Kier alpha value is -2.39. The Morgan fingerprint density at radius 3 is 2.81 bits per heavy atom. The van der Waals surface area contributed by atoms with Crippen molar-refractivity contribution in [2.75, 3.05) is 6.61 Å². The summed E-state index contributed by atoms with van der Waals surface area (Å²) in [4.78, 5) is 7.81. The first-order valence-electron chi connectivity index (χ1n) is 7.17. The van der Waals surface area contributed by atoms with E-state index in [0.717, 1.165) is 11.0 Å². The highest BCUT2D eigenvalue weighted by molar-refractivity contribution is 6.16. The number of hydrogen-bond acceptors (Lipinski definition) is 2. The molecule has 0 aliphatic rings. The van der Waals surface area contributed by atoms with Gasteiger partial charge in [-0.1, -0.05) is 18.2 Å². The van der Waals surface area contributed by atoms with Crippen LogP contribution in [0.2, 0.25) is 0 Å². The lowest BCUT2D eigenvalue weighted by Crippen LogP contribution is -1.96. The van der Waals surface area contributed by atoms with Crippen molar-refractivity contribution < 1.29 is 5.11 Å². The highest BCUT2D eigenvalue weighted by Gasteiger charge is 2.15. The van der Waals surface area contributed by atoms with Crippen LogP contribution in [0.1, 0.15) is 11.1 Å². The molecule has 4 aromatic rings. The number of benzene rings is 2. The number of H-pyrrole nitrogens is 1. The van der Waals surface area contributed by atoms with E-state index in [1.54, 1.807) is 0 Å². The number of aliphatic hydroxyl groups excluding tert-OH is 1. The molecule has 3 nitrogen and oxygen atoms in total. The fraction of sp³-hybridized carbons (Fsp3) is 0.167. The number of hydrogen-bond donors (Lipinski definition) is 2. The van der Waals surface area contributed by atoms with E-state index in [1.807, 2.05) is 24.5 Å². The highest BCUT2D eigenvalue weighted by Crippen LogP contribution is 2.36. The van der Waals surface area contributed by atoms with E-state index < -0.39 is 0 Å². The van der Waals surface area contributed by atoms with Gasteiger partial charge in [0.05, 0.1) is 5.52 Å². The molecule has 0 aliphatic heterocycles.